The summed E-state index contributed by atoms with van der Waals surface area (Å²) in [6.07, 6.45) is 28.6. The zero-order valence-corrected chi connectivity index (χ0v) is 55.4. The summed E-state index contributed by atoms with van der Waals surface area (Å²) in [6, 6.07) is 36.6. The van der Waals surface area contributed by atoms with Crippen molar-refractivity contribution in [2.45, 2.75) is 205 Å². The summed E-state index contributed by atoms with van der Waals surface area (Å²) >= 11 is 0. The molecule has 93 heavy (non-hydrogen) atoms. The summed E-state index contributed by atoms with van der Waals surface area (Å²) in [5, 5.41) is 56.3. The summed E-state index contributed by atoms with van der Waals surface area (Å²) in [5.41, 5.74) is 21.5. The molecule has 12 nitrogen and oxygen atoms in total. The number of anilines is 3. The number of aliphatic hydroxyl groups excluding tert-OH is 1. The molecule has 6 aliphatic rings. The lowest BCUT2D eigenvalue weighted by molar-refractivity contribution is 0.111. The maximum atomic E-state index is 10.5. The van der Waals surface area contributed by atoms with E-state index in [0.717, 1.165) is 190 Å². The van der Waals surface area contributed by atoms with E-state index in [1.165, 1.54) is 27.8 Å². The molecule has 3 saturated carbocycles. The van der Waals surface area contributed by atoms with Gasteiger partial charge in [0.2, 0.25) is 0 Å². The molecule has 3 aliphatic carbocycles. The van der Waals surface area contributed by atoms with Crippen LogP contribution in [0.5, 0.6) is 11.5 Å². The first-order valence-electron chi connectivity index (χ1n) is 34.1. The van der Waals surface area contributed by atoms with Gasteiger partial charge in [-0.3, -0.25) is 0 Å². The Morgan fingerprint density at radius 2 is 0.903 bits per heavy atom. The van der Waals surface area contributed by atoms with Gasteiger partial charge in [-0.15, -0.1) is 0 Å². The molecule has 0 amide bonds. The van der Waals surface area contributed by atoms with Crippen LogP contribution in [0.15, 0.2) is 110 Å². The fraction of sp³-hybridized carbons (Fsp3) is 0.395. The number of fused-ring (bicyclic) bond motifs is 6. The third-order valence-electron chi connectivity index (χ3n) is 21.8. The first kappa shape index (κ1) is 60.1. The third kappa shape index (κ3) is 10.8. The molecule has 0 radical (unpaired) electrons. The molecule has 0 saturated heterocycles. The highest BCUT2D eigenvalue weighted by Gasteiger charge is 2.36. The van der Waals surface area contributed by atoms with E-state index in [0.29, 0.717) is 16.7 Å². The summed E-state index contributed by atoms with van der Waals surface area (Å²) in [6.45, 7) is 19.5. The molecule has 6 aromatic carbocycles. The SMILES string of the molecule is Cc1cc2c(cc1C#N)c(-c1cccc3c1C=CC(C)(C)N3)cn2C1CCC(Oc2ccc(-c3cn(C4CCC(Oc5ccc(-c6cn(C7CCC(O)CC7)c7cc(C)c(C#N)cc67)c6c5NC(C)(C)CC6)CC4)c4cc(C)c(C#N)cc34)c3c2NC(C)(C)C=C3)CC1. The van der Waals surface area contributed by atoms with Crippen molar-refractivity contribution in [3.8, 4) is 63.1 Å². The second kappa shape index (κ2) is 22.9. The van der Waals surface area contributed by atoms with Crippen LogP contribution >= 0.6 is 0 Å². The van der Waals surface area contributed by atoms with E-state index in [1.54, 1.807) is 0 Å². The van der Waals surface area contributed by atoms with E-state index >= 15 is 0 Å². The van der Waals surface area contributed by atoms with Crippen LogP contribution < -0.4 is 25.4 Å². The van der Waals surface area contributed by atoms with E-state index in [-0.39, 0.29) is 53.1 Å². The van der Waals surface area contributed by atoms with Crippen molar-refractivity contribution in [2.24, 2.45) is 0 Å². The smallest absolute Gasteiger partial charge is 0.143 e. The van der Waals surface area contributed by atoms with Crippen LogP contribution in [0.2, 0.25) is 0 Å². The Bertz CT molecular complexity index is 4730. The van der Waals surface area contributed by atoms with Gasteiger partial charge >= 0.3 is 0 Å². The van der Waals surface area contributed by atoms with Gasteiger partial charge < -0.3 is 44.2 Å². The molecule has 0 atom stereocenters. The monoisotopic (exact) mass is 1230 g/mol. The first-order chi connectivity index (χ1) is 44.7. The molecular formula is C81H85N9O3. The highest BCUT2D eigenvalue weighted by molar-refractivity contribution is 6.04. The van der Waals surface area contributed by atoms with Crippen molar-refractivity contribution in [3.63, 3.8) is 0 Å². The lowest BCUT2D eigenvalue weighted by Gasteiger charge is -2.37. The lowest BCUT2D eigenvalue weighted by Crippen LogP contribution is -2.36. The number of nitriles is 3. The van der Waals surface area contributed by atoms with Crippen molar-refractivity contribution in [1.82, 2.24) is 13.7 Å². The Labute approximate surface area is 547 Å². The number of hydrogen-bond donors (Lipinski definition) is 4. The Morgan fingerprint density at radius 3 is 1.40 bits per heavy atom. The minimum absolute atomic E-state index is 0.0304. The molecule has 0 unspecified atom stereocenters. The van der Waals surface area contributed by atoms with Gasteiger partial charge in [-0.25, -0.2) is 0 Å². The predicted octanol–water partition coefficient (Wildman–Crippen LogP) is 19.3. The highest BCUT2D eigenvalue weighted by Crippen LogP contribution is 2.51. The quantitative estimate of drug-likeness (QED) is 0.104. The minimum atomic E-state index is -0.309. The Balaban J connectivity index is 0.694. The number of aryl methyl sites for hydroxylation is 3. The van der Waals surface area contributed by atoms with Crippen molar-refractivity contribution in [2.75, 3.05) is 16.0 Å². The van der Waals surface area contributed by atoms with Gasteiger partial charge in [-0.05, 0) is 252 Å². The average Bonchev–Trinajstić information content (AvgIpc) is 1.66. The van der Waals surface area contributed by atoms with Crippen molar-refractivity contribution >= 4 is 61.9 Å². The van der Waals surface area contributed by atoms with E-state index < -0.39 is 0 Å². The second-order valence-electron chi connectivity index (χ2n) is 29.8. The molecule has 472 valence electrons. The molecule has 12 heteroatoms. The van der Waals surface area contributed by atoms with Crippen LogP contribution in [-0.2, 0) is 6.42 Å². The summed E-state index contributed by atoms with van der Waals surface area (Å²) < 4.78 is 21.8. The third-order valence-corrected chi connectivity index (χ3v) is 21.8. The summed E-state index contributed by atoms with van der Waals surface area (Å²) in [5.74, 6) is 1.76. The lowest BCUT2D eigenvalue weighted by atomic mass is 9.85. The molecule has 4 N–H and O–H groups in total. The maximum Gasteiger partial charge on any atom is 0.143 e. The van der Waals surface area contributed by atoms with Crippen LogP contribution in [0.1, 0.15) is 193 Å². The van der Waals surface area contributed by atoms with Crippen LogP contribution in [-0.4, -0.2) is 53.7 Å². The van der Waals surface area contributed by atoms with E-state index in [2.05, 4.69) is 218 Å². The number of nitrogens with zero attached hydrogens (tertiary/aromatic N) is 6. The molecule has 3 aromatic heterocycles. The van der Waals surface area contributed by atoms with E-state index in [1.807, 2.05) is 13.8 Å². The van der Waals surface area contributed by atoms with Crippen LogP contribution in [0.4, 0.5) is 17.1 Å². The van der Waals surface area contributed by atoms with E-state index in [4.69, 9.17) is 9.47 Å². The number of ether oxygens (including phenoxy) is 2. The van der Waals surface area contributed by atoms with Crippen LogP contribution in [0, 0.1) is 54.8 Å². The Hall–Kier alpha value is -9.15. The van der Waals surface area contributed by atoms with Crippen molar-refractivity contribution < 1.29 is 14.6 Å². The summed E-state index contributed by atoms with van der Waals surface area (Å²) in [7, 11) is 0. The van der Waals surface area contributed by atoms with Gasteiger partial charge in [0.05, 0.1) is 75.7 Å². The average molecular weight is 1230 g/mol. The number of rotatable bonds is 10. The fourth-order valence-corrected chi connectivity index (χ4v) is 16.6. The molecule has 3 aliphatic heterocycles. The number of aromatic nitrogens is 3. The van der Waals surface area contributed by atoms with Gasteiger partial charge in [0, 0.05) is 108 Å². The molecular weight excluding hydrogens is 1150 g/mol. The minimum Gasteiger partial charge on any atom is -0.488 e. The first-order valence-corrected chi connectivity index (χ1v) is 34.1. The van der Waals surface area contributed by atoms with Gasteiger partial charge in [0.1, 0.15) is 11.5 Å². The zero-order valence-electron chi connectivity index (χ0n) is 55.4. The molecule has 15 rings (SSSR count). The number of aliphatic hydroxyl groups is 1. The molecule has 6 heterocycles. The molecule has 3 fully saturated rings. The fourth-order valence-electron chi connectivity index (χ4n) is 16.6. The number of hydrogen-bond acceptors (Lipinski definition) is 9. The van der Waals surface area contributed by atoms with Gasteiger partial charge in [-0.2, -0.15) is 15.8 Å². The highest BCUT2D eigenvalue weighted by atomic mass is 16.5. The molecule has 9 aromatic rings. The van der Waals surface area contributed by atoms with Gasteiger partial charge in [-0.1, -0.05) is 42.5 Å². The molecule has 0 bridgehead atoms. The predicted molar refractivity (Wildman–Crippen MR) is 377 cm³/mol. The van der Waals surface area contributed by atoms with Crippen LogP contribution in [0.25, 0.3) is 78.2 Å². The largest absolute Gasteiger partial charge is 0.488 e. The zero-order chi connectivity index (χ0) is 64.4. The van der Waals surface area contributed by atoms with Crippen LogP contribution in [0.3, 0.4) is 0 Å². The maximum absolute atomic E-state index is 10.5. The normalized spacial score (nSPS) is 22.5. The molecule has 0 spiro atoms. The van der Waals surface area contributed by atoms with Crippen molar-refractivity contribution in [3.05, 3.63) is 160 Å². The summed E-state index contributed by atoms with van der Waals surface area (Å²) in [4.78, 5) is 0. The number of benzene rings is 6. The van der Waals surface area contributed by atoms with E-state index in [9.17, 15) is 20.9 Å². The second-order valence-corrected chi connectivity index (χ2v) is 29.8. The van der Waals surface area contributed by atoms with Gasteiger partial charge in [0.25, 0.3) is 0 Å². The topological polar surface area (TPSA) is 161 Å². The van der Waals surface area contributed by atoms with Crippen molar-refractivity contribution in [1.29, 1.82) is 15.8 Å². The number of nitrogens with one attached hydrogen (secondary N) is 3. The Kier molecular flexibility index (Phi) is 14.8. The standard InChI is InChI=1S/C81H85N9O3/c1-47-35-72-65(38-50(47)41-82)68(59-11-10-12-71-62(59)29-32-79(4,5)85-71)44-89(72)54-15-21-57(22-16-54)92-76-28-26-61(64-31-34-81(8,9)87-78(64)76)70-46-90(74-37-49(3)52(43-84)40-67(70)74)55-17-23-58(24-18-55)93-75-27-25-60(63-30-33-80(6,7)86-77(63)75)69-45-88(53-13-19-56(91)20-14-53)73-36-48(2)51(42-83)39-66(69)73/h10-12,25-29,31-32,34-40,44-46,53-58,85-87,91H,13-24,30,33H2,1-9H3. The Morgan fingerprint density at radius 1 is 0.473 bits per heavy atom. The van der Waals surface area contributed by atoms with Gasteiger partial charge in [0.15, 0.2) is 0 Å².